The molecule has 1 aromatic heterocycles. The molecule has 0 saturated heterocycles. The molecule has 0 fully saturated rings. The number of phenols is 1. The Morgan fingerprint density at radius 3 is 2.48 bits per heavy atom. The summed E-state index contributed by atoms with van der Waals surface area (Å²) in [4.78, 5) is 38.2. The van der Waals surface area contributed by atoms with Crippen LogP contribution in [-0.4, -0.2) is 36.0 Å². The number of hydrogen-bond donors (Lipinski definition) is 4. The van der Waals surface area contributed by atoms with Gasteiger partial charge in [0, 0.05) is 17.6 Å². The minimum absolute atomic E-state index is 0.0162. The first-order valence-corrected chi connectivity index (χ1v) is 8.70. The second-order valence-electron chi connectivity index (χ2n) is 6.61. The Bertz CT molecular complexity index is 1110. The number of anilines is 1. The molecule has 0 aliphatic heterocycles. The number of carbonyl (C=O) groups excluding carboxylic acids is 2. The first-order chi connectivity index (χ1) is 13.8. The maximum Gasteiger partial charge on any atom is 0.349 e. The van der Waals surface area contributed by atoms with E-state index in [0.717, 1.165) is 12.1 Å². The third kappa shape index (κ3) is 4.90. The van der Waals surface area contributed by atoms with Crippen molar-refractivity contribution in [2.75, 3.05) is 19.4 Å². The van der Waals surface area contributed by atoms with Crippen LogP contribution in [-0.2, 0) is 6.54 Å². The van der Waals surface area contributed by atoms with Gasteiger partial charge in [-0.2, -0.15) is 0 Å². The molecule has 1 heterocycles. The van der Waals surface area contributed by atoms with Crippen LogP contribution in [0.3, 0.4) is 0 Å². The highest BCUT2D eigenvalue weighted by Crippen LogP contribution is 2.23. The number of aromatic hydroxyl groups is 1. The summed E-state index contributed by atoms with van der Waals surface area (Å²) >= 11 is 0. The van der Waals surface area contributed by atoms with Gasteiger partial charge in [0.15, 0.2) is 11.3 Å². The molecule has 0 aliphatic carbocycles. The SMILES string of the molecule is CN(C)Cc1ccc(NC(=O)NNC(=O)c2cc3cccc(O)c3oc2=O)cc1. The third-order valence-electron chi connectivity index (χ3n) is 3.98. The predicted octanol–water partition coefficient (Wildman–Crippen LogP) is 2.03. The van der Waals surface area contributed by atoms with E-state index in [9.17, 15) is 19.5 Å². The van der Waals surface area contributed by atoms with Crippen LogP contribution >= 0.6 is 0 Å². The second kappa shape index (κ2) is 8.44. The van der Waals surface area contributed by atoms with Crippen molar-refractivity contribution in [1.82, 2.24) is 15.8 Å². The number of nitrogens with one attached hydrogen (secondary N) is 3. The zero-order chi connectivity index (χ0) is 21.0. The van der Waals surface area contributed by atoms with E-state index in [1.807, 2.05) is 31.1 Å². The Morgan fingerprint density at radius 1 is 1.07 bits per heavy atom. The van der Waals surface area contributed by atoms with Gasteiger partial charge in [-0.3, -0.25) is 10.2 Å². The van der Waals surface area contributed by atoms with E-state index < -0.39 is 17.6 Å². The van der Waals surface area contributed by atoms with Crippen LogP contribution in [0.15, 0.2) is 57.7 Å². The molecule has 3 rings (SSSR count). The van der Waals surface area contributed by atoms with Crippen molar-refractivity contribution in [3.05, 3.63) is 70.1 Å². The van der Waals surface area contributed by atoms with Crippen molar-refractivity contribution in [3.8, 4) is 5.75 Å². The number of amides is 3. The molecule has 2 aromatic carbocycles. The molecule has 0 aliphatic rings. The van der Waals surface area contributed by atoms with Gasteiger partial charge >= 0.3 is 11.7 Å². The molecule has 0 atom stereocenters. The number of hydrogen-bond acceptors (Lipinski definition) is 6. The second-order valence-corrected chi connectivity index (χ2v) is 6.61. The summed E-state index contributed by atoms with van der Waals surface area (Å²) in [5.41, 5.74) is 4.69. The lowest BCUT2D eigenvalue weighted by molar-refractivity contribution is 0.0934. The summed E-state index contributed by atoms with van der Waals surface area (Å²) in [6, 6.07) is 12.3. The number of hydrazine groups is 1. The summed E-state index contributed by atoms with van der Waals surface area (Å²) in [6.07, 6.45) is 0. The number of nitrogens with zero attached hydrogens (tertiary/aromatic N) is 1. The normalized spacial score (nSPS) is 10.7. The lowest BCUT2D eigenvalue weighted by Crippen LogP contribution is -2.45. The van der Waals surface area contributed by atoms with Gasteiger partial charge in [-0.1, -0.05) is 24.3 Å². The highest BCUT2D eigenvalue weighted by Gasteiger charge is 2.15. The van der Waals surface area contributed by atoms with Gasteiger partial charge < -0.3 is 19.7 Å². The zero-order valence-corrected chi connectivity index (χ0v) is 15.9. The van der Waals surface area contributed by atoms with Gasteiger partial charge in [0.1, 0.15) is 5.56 Å². The summed E-state index contributed by atoms with van der Waals surface area (Å²) in [7, 11) is 3.92. The Balaban J connectivity index is 1.61. The summed E-state index contributed by atoms with van der Waals surface area (Å²) in [6.45, 7) is 0.772. The molecule has 9 heteroatoms. The van der Waals surface area contributed by atoms with Gasteiger partial charge in [0.05, 0.1) is 0 Å². The number of rotatable bonds is 4. The number of para-hydroxylation sites is 1. The van der Waals surface area contributed by atoms with Crippen LogP contribution in [0.25, 0.3) is 11.0 Å². The Kier molecular flexibility index (Phi) is 5.79. The molecule has 3 aromatic rings. The fourth-order valence-corrected chi connectivity index (χ4v) is 2.69. The van der Waals surface area contributed by atoms with Gasteiger partial charge in [0.25, 0.3) is 5.91 Å². The monoisotopic (exact) mass is 396 g/mol. The average molecular weight is 396 g/mol. The molecule has 0 unspecified atom stereocenters. The van der Waals surface area contributed by atoms with E-state index in [2.05, 4.69) is 16.2 Å². The molecular weight excluding hydrogens is 376 g/mol. The van der Waals surface area contributed by atoms with Crippen molar-refractivity contribution in [1.29, 1.82) is 0 Å². The summed E-state index contributed by atoms with van der Waals surface area (Å²) in [5.74, 6) is -1.05. The maximum absolute atomic E-state index is 12.2. The standard InChI is InChI=1S/C20H20N4O5/c1-24(2)11-12-6-8-14(9-7-12)21-20(28)23-22-18(26)15-10-13-4-3-5-16(25)17(13)29-19(15)27/h3-10,25H,11H2,1-2H3,(H,22,26)(H2,21,23,28). The molecule has 4 N–H and O–H groups in total. The van der Waals surface area contributed by atoms with Crippen molar-refractivity contribution < 1.29 is 19.1 Å². The van der Waals surface area contributed by atoms with E-state index in [1.165, 1.54) is 12.1 Å². The molecule has 0 radical (unpaired) electrons. The molecule has 0 saturated carbocycles. The highest BCUT2D eigenvalue weighted by atomic mass is 16.4. The van der Waals surface area contributed by atoms with Gasteiger partial charge in [-0.25, -0.2) is 15.0 Å². The molecule has 9 nitrogen and oxygen atoms in total. The first-order valence-electron chi connectivity index (χ1n) is 8.70. The van der Waals surface area contributed by atoms with Crippen molar-refractivity contribution in [3.63, 3.8) is 0 Å². The minimum atomic E-state index is -0.935. The van der Waals surface area contributed by atoms with E-state index in [4.69, 9.17) is 4.42 Å². The fourth-order valence-electron chi connectivity index (χ4n) is 2.69. The average Bonchev–Trinajstić information content (AvgIpc) is 2.67. The number of carbonyl (C=O) groups is 2. The lowest BCUT2D eigenvalue weighted by atomic mass is 10.1. The van der Waals surface area contributed by atoms with Gasteiger partial charge in [-0.15, -0.1) is 0 Å². The number of phenolic OH excluding ortho intramolecular Hbond substituents is 1. The van der Waals surface area contributed by atoms with Crippen LogP contribution in [0, 0.1) is 0 Å². The van der Waals surface area contributed by atoms with Crippen molar-refractivity contribution in [2.45, 2.75) is 6.54 Å². The number of fused-ring (bicyclic) bond motifs is 1. The van der Waals surface area contributed by atoms with Crippen LogP contribution in [0.2, 0.25) is 0 Å². The Morgan fingerprint density at radius 2 is 1.79 bits per heavy atom. The maximum atomic E-state index is 12.2. The molecular formula is C20H20N4O5. The molecule has 29 heavy (non-hydrogen) atoms. The topological polar surface area (TPSA) is 124 Å². The number of urea groups is 1. The third-order valence-corrected chi connectivity index (χ3v) is 3.98. The zero-order valence-electron chi connectivity index (χ0n) is 15.9. The van der Waals surface area contributed by atoms with E-state index in [0.29, 0.717) is 11.1 Å². The molecule has 0 bridgehead atoms. The van der Waals surface area contributed by atoms with E-state index in [1.54, 1.807) is 24.3 Å². The van der Waals surface area contributed by atoms with Crippen LogP contribution in [0.4, 0.5) is 10.5 Å². The van der Waals surface area contributed by atoms with E-state index in [-0.39, 0.29) is 16.9 Å². The van der Waals surface area contributed by atoms with Crippen molar-refractivity contribution >= 4 is 28.6 Å². The van der Waals surface area contributed by atoms with E-state index >= 15 is 0 Å². The predicted molar refractivity (Wildman–Crippen MR) is 108 cm³/mol. The van der Waals surface area contributed by atoms with Gasteiger partial charge in [0.2, 0.25) is 0 Å². The van der Waals surface area contributed by atoms with Crippen LogP contribution in [0.1, 0.15) is 15.9 Å². The van der Waals surface area contributed by atoms with Crippen LogP contribution in [0.5, 0.6) is 5.75 Å². The number of benzene rings is 2. The summed E-state index contributed by atoms with van der Waals surface area (Å²) in [5, 5.41) is 12.6. The molecule has 150 valence electrons. The van der Waals surface area contributed by atoms with Crippen molar-refractivity contribution in [2.24, 2.45) is 0 Å². The molecule has 3 amide bonds. The largest absolute Gasteiger partial charge is 0.504 e. The minimum Gasteiger partial charge on any atom is -0.504 e. The Labute approximate surface area is 165 Å². The lowest BCUT2D eigenvalue weighted by Gasteiger charge is -2.11. The van der Waals surface area contributed by atoms with Crippen LogP contribution < -0.4 is 21.8 Å². The fraction of sp³-hybridized carbons (Fsp3) is 0.150. The van der Waals surface area contributed by atoms with Gasteiger partial charge in [-0.05, 0) is 43.9 Å². The first kappa shape index (κ1) is 19.9. The summed E-state index contributed by atoms with van der Waals surface area (Å²) < 4.78 is 4.99. The Hall–Kier alpha value is -3.85. The smallest absolute Gasteiger partial charge is 0.349 e. The quantitative estimate of drug-likeness (QED) is 0.395. The molecule has 0 spiro atoms. The highest BCUT2D eigenvalue weighted by molar-refractivity contribution is 5.99.